The van der Waals surface area contributed by atoms with Crippen LogP contribution >= 0.6 is 15.9 Å². The minimum absolute atomic E-state index is 0.00456. The zero-order valence-corrected chi connectivity index (χ0v) is 10.1. The van der Waals surface area contributed by atoms with E-state index in [4.69, 9.17) is 4.74 Å². The zero-order chi connectivity index (χ0) is 11.7. The van der Waals surface area contributed by atoms with Crippen LogP contribution in [-0.2, 0) is 4.74 Å². The summed E-state index contributed by atoms with van der Waals surface area (Å²) < 4.78 is 7.08. The summed E-state index contributed by atoms with van der Waals surface area (Å²) in [6, 6.07) is 1.51. The minimum atomic E-state index is -0.498. The van der Waals surface area contributed by atoms with Crippen molar-refractivity contribution < 1.29 is 14.6 Å². The van der Waals surface area contributed by atoms with Crippen LogP contribution in [0.5, 0.6) is 5.75 Å². The molecule has 0 aliphatic heterocycles. The van der Waals surface area contributed by atoms with E-state index in [1.807, 2.05) is 0 Å². The number of halogens is 1. The molecule has 2 heterocycles. The number of imidazole rings is 1. The number of carbonyl (C=O) groups is 1. The van der Waals surface area contributed by atoms with Crippen LogP contribution in [0.1, 0.15) is 17.4 Å². The zero-order valence-electron chi connectivity index (χ0n) is 8.48. The Hall–Kier alpha value is -1.56. The van der Waals surface area contributed by atoms with Crippen LogP contribution in [0, 0.1) is 0 Å². The summed E-state index contributed by atoms with van der Waals surface area (Å²) in [5, 5.41) is 9.61. The van der Waals surface area contributed by atoms with E-state index in [2.05, 4.69) is 20.9 Å². The molecule has 5 nitrogen and oxygen atoms in total. The van der Waals surface area contributed by atoms with E-state index in [1.54, 1.807) is 17.5 Å². The molecule has 2 rings (SSSR count). The number of nitrogens with zero attached hydrogens (tertiary/aromatic N) is 2. The first kappa shape index (κ1) is 10.9. The molecule has 1 N–H and O–H groups in total. The summed E-state index contributed by atoms with van der Waals surface area (Å²) in [4.78, 5) is 15.4. The highest BCUT2D eigenvalue weighted by atomic mass is 79.9. The van der Waals surface area contributed by atoms with E-state index in [0.29, 0.717) is 16.7 Å². The number of hydrogen-bond acceptors (Lipinski definition) is 4. The average molecular weight is 285 g/mol. The Balaban J connectivity index is 2.51. The van der Waals surface area contributed by atoms with Gasteiger partial charge in [0, 0.05) is 16.9 Å². The van der Waals surface area contributed by atoms with Crippen molar-refractivity contribution in [3.05, 3.63) is 28.6 Å². The Morgan fingerprint density at radius 2 is 2.38 bits per heavy atom. The lowest BCUT2D eigenvalue weighted by Gasteiger charge is -1.96. The maximum atomic E-state index is 11.4. The van der Waals surface area contributed by atoms with Gasteiger partial charge in [-0.15, -0.1) is 0 Å². The van der Waals surface area contributed by atoms with Gasteiger partial charge in [-0.05, 0) is 28.9 Å². The number of esters is 1. The van der Waals surface area contributed by atoms with Gasteiger partial charge in [-0.25, -0.2) is 9.78 Å². The fraction of sp³-hybridized carbons (Fsp3) is 0.200. The van der Waals surface area contributed by atoms with Gasteiger partial charge in [0.2, 0.25) is 0 Å². The van der Waals surface area contributed by atoms with Gasteiger partial charge in [0.1, 0.15) is 0 Å². The van der Waals surface area contributed by atoms with Crippen LogP contribution in [0.25, 0.3) is 5.65 Å². The molecule has 0 aliphatic rings. The maximum absolute atomic E-state index is 11.4. The second-order valence-electron chi connectivity index (χ2n) is 3.12. The van der Waals surface area contributed by atoms with Gasteiger partial charge in [0.15, 0.2) is 17.1 Å². The quantitative estimate of drug-likeness (QED) is 0.857. The summed E-state index contributed by atoms with van der Waals surface area (Å²) in [6.07, 6.45) is 3.21. The van der Waals surface area contributed by atoms with Crippen LogP contribution in [0.2, 0.25) is 0 Å². The molecule has 0 spiro atoms. The Morgan fingerprint density at radius 1 is 1.62 bits per heavy atom. The predicted molar refractivity (Wildman–Crippen MR) is 60.5 cm³/mol. The third-order valence-electron chi connectivity index (χ3n) is 1.98. The third kappa shape index (κ3) is 1.88. The number of rotatable bonds is 2. The number of carbonyl (C=O) groups excluding carboxylic acids is 1. The highest BCUT2D eigenvalue weighted by Crippen LogP contribution is 2.23. The number of ether oxygens (including phenoxy) is 1. The molecule has 0 radical (unpaired) electrons. The minimum Gasteiger partial charge on any atom is -0.504 e. The molecule has 2 aromatic heterocycles. The molecule has 0 amide bonds. The van der Waals surface area contributed by atoms with Gasteiger partial charge in [-0.1, -0.05) is 0 Å². The normalized spacial score (nSPS) is 10.6. The maximum Gasteiger partial charge on any atom is 0.358 e. The molecule has 0 aliphatic carbocycles. The van der Waals surface area contributed by atoms with Gasteiger partial charge >= 0.3 is 5.97 Å². The van der Waals surface area contributed by atoms with Crippen LogP contribution < -0.4 is 0 Å². The summed E-state index contributed by atoms with van der Waals surface area (Å²) in [5.74, 6) is -0.494. The molecule has 16 heavy (non-hydrogen) atoms. The second-order valence-corrected chi connectivity index (χ2v) is 4.04. The van der Waals surface area contributed by atoms with E-state index < -0.39 is 5.97 Å². The topological polar surface area (TPSA) is 63.8 Å². The SMILES string of the molecule is CCOC(=O)c1cn2cc(Br)cc(O)c2n1. The number of aromatic nitrogens is 2. The second kappa shape index (κ2) is 4.13. The Kier molecular flexibility index (Phi) is 2.82. The molecule has 0 aromatic carbocycles. The first-order valence-corrected chi connectivity index (χ1v) is 5.45. The average Bonchev–Trinajstić information content (AvgIpc) is 2.62. The lowest BCUT2D eigenvalue weighted by atomic mass is 10.4. The summed E-state index contributed by atoms with van der Waals surface area (Å²) in [5.41, 5.74) is 0.501. The Labute approximate surface area is 99.8 Å². The molecule has 0 unspecified atom stereocenters. The highest BCUT2D eigenvalue weighted by Gasteiger charge is 2.13. The van der Waals surface area contributed by atoms with Crippen molar-refractivity contribution in [1.82, 2.24) is 9.38 Å². The summed E-state index contributed by atoms with van der Waals surface area (Å²) in [7, 11) is 0. The molecule has 0 saturated heterocycles. The molecule has 0 bridgehead atoms. The molecular weight excluding hydrogens is 276 g/mol. The largest absolute Gasteiger partial charge is 0.504 e. The number of fused-ring (bicyclic) bond motifs is 1. The fourth-order valence-electron chi connectivity index (χ4n) is 1.35. The van der Waals surface area contributed by atoms with Gasteiger partial charge in [-0.3, -0.25) is 0 Å². The van der Waals surface area contributed by atoms with Crippen molar-refractivity contribution in [2.45, 2.75) is 6.92 Å². The first-order valence-electron chi connectivity index (χ1n) is 4.66. The van der Waals surface area contributed by atoms with Crippen molar-refractivity contribution >= 4 is 27.5 Å². The van der Waals surface area contributed by atoms with Crippen LogP contribution in [0.15, 0.2) is 22.9 Å². The van der Waals surface area contributed by atoms with Crippen molar-refractivity contribution in [1.29, 1.82) is 0 Å². The van der Waals surface area contributed by atoms with Crippen LogP contribution in [0.4, 0.5) is 0 Å². The number of aromatic hydroxyl groups is 1. The molecule has 0 saturated carbocycles. The van der Waals surface area contributed by atoms with Gasteiger partial charge in [-0.2, -0.15) is 0 Å². The van der Waals surface area contributed by atoms with E-state index in [9.17, 15) is 9.90 Å². The van der Waals surface area contributed by atoms with Crippen molar-refractivity contribution in [3.63, 3.8) is 0 Å². The Bertz CT molecular complexity index is 550. The lowest BCUT2D eigenvalue weighted by molar-refractivity contribution is 0.0520. The molecule has 0 fully saturated rings. The summed E-state index contributed by atoms with van der Waals surface area (Å²) >= 11 is 3.24. The van der Waals surface area contributed by atoms with E-state index in [0.717, 1.165) is 0 Å². The monoisotopic (exact) mass is 284 g/mol. The number of hydrogen-bond donors (Lipinski definition) is 1. The van der Waals surface area contributed by atoms with E-state index >= 15 is 0 Å². The molecule has 2 aromatic rings. The predicted octanol–water partition coefficient (Wildman–Crippen LogP) is 1.98. The van der Waals surface area contributed by atoms with Gasteiger partial charge in [0.05, 0.1) is 6.61 Å². The standard InChI is InChI=1S/C10H9BrN2O3/c1-2-16-10(15)7-5-13-4-6(11)3-8(14)9(13)12-7/h3-5,14H,2H2,1H3. The van der Waals surface area contributed by atoms with Crippen molar-refractivity contribution in [2.24, 2.45) is 0 Å². The molecule has 6 heteroatoms. The van der Waals surface area contributed by atoms with E-state index in [1.165, 1.54) is 12.3 Å². The van der Waals surface area contributed by atoms with Crippen LogP contribution in [0.3, 0.4) is 0 Å². The molecular formula is C10H9BrN2O3. The van der Waals surface area contributed by atoms with Gasteiger partial charge < -0.3 is 14.2 Å². The summed E-state index contributed by atoms with van der Waals surface area (Å²) in [6.45, 7) is 2.02. The van der Waals surface area contributed by atoms with Crippen molar-refractivity contribution in [3.8, 4) is 5.75 Å². The fourth-order valence-corrected chi connectivity index (χ4v) is 1.79. The number of pyridine rings is 1. The van der Waals surface area contributed by atoms with E-state index in [-0.39, 0.29) is 11.4 Å². The Morgan fingerprint density at radius 3 is 3.06 bits per heavy atom. The smallest absolute Gasteiger partial charge is 0.358 e. The molecule has 84 valence electrons. The highest BCUT2D eigenvalue weighted by molar-refractivity contribution is 9.10. The molecule has 0 atom stereocenters. The first-order chi connectivity index (χ1) is 7.61. The lowest BCUT2D eigenvalue weighted by Crippen LogP contribution is -2.04. The third-order valence-corrected chi connectivity index (χ3v) is 2.42. The van der Waals surface area contributed by atoms with Crippen LogP contribution in [-0.4, -0.2) is 27.1 Å². The van der Waals surface area contributed by atoms with Crippen molar-refractivity contribution in [2.75, 3.05) is 6.61 Å². The van der Waals surface area contributed by atoms with Gasteiger partial charge in [0.25, 0.3) is 0 Å².